The summed E-state index contributed by atoms with van der Waals surface area (Å²) in [6.07, 6.45) is 8.63. The lowest BCUT2D eigenvalue weighted by Gasteiger charge is -2.63. The first-order chi connectivity index (χ1) is 12.4. The Labute approximate surface area is 166 Å². The van der Waals surface area contributed by atoms with Crippen LogP contribution in [0.4, 0.5) is 0 Å². The summed E-state index contributed by atoms with van der Waals surface area (Å²) < 4.78 is 6.48. The summed E-state index contributed by atoms with van der Waals surface area (Å²) >= 11 is 0. The standard InChI is InChI=1S/C24H41NO2/c1-15-12-19-24(6,11-9-20(26)25(19)7)17-8-10-23(5)14-16(27-22(2,3)4)13-18(23)21(15)17/h15-19,21H,8-14H2,1-7H3/t15?,16-,17-,18-,19+,21?,23+,24+/m0/s1. The molecule has 3 heteroatoms. The lowest BCUT2D eigenvalue weighted by atomic mass is 9.45. The molecule has 0 radical (unpaired) electrons. The number of carbonyl (C=O) groups is 1. The third-order valence-electron chi connectivity index (χ3n) is 9.18. The molecule has 2 unspecified atom stereocenters. The van der Waals surface area contributed by atoms with Crippen LogP contribution in [0.25, 0.3) is 0 Å². The maximum atomic E-state index is 12.4. The Morgan fingerprint density at radius 3 is 2.48 bits per heavy atom. The summed E-state index contributed by atoms with van der Waals surface area (Å²) in [6, 6.07) is 0.447. The van der Waals surface area contributed by atoms with E-state index in [-0.39, 0.29) is 5.60 Å². The van der Waals surface area contributed by atoms with Gasteiger partial charge in [0.1, 0.15) is 0 Å². The fourth-order valence-electron chi connectivity index (χ4n) is 8.05. The normalized spacial score (nSPS) is 50.2. The van der Waals surface area contributed by atoms with Gasteiger partial charge < -0.3 is 9.64 Å². The van der Waals surface area contributed by atoms with Crippen molar-refractivity contribution in [3.8, 4) is 0 Å². The van der Waals surface area contributed by atoms with Crippen molar-refractivity contribution < 1.29 is 9.53 Å². The Balaban J connectivity index is 1.62. The molecule has 154 valence electrons. The molecular formula is C24H41NO2. The lowest BCUT2D eigenvalue weighted by molar-refractivity contribution is -0.164. The Morgan fingerprint density at radius 2 is 1.81 bits per heavy atom. The number of hydrogen-bond acceptors (Lipinski definition) is 2. The number of piperidine rings is 1. The van der Waals surface area contributed by atoms with Crippen molar-refractivity contribution in [2.24, 2.45) is 34.5 Å². The summed E-state index contributed by atoms with van der Waals surface area (Å²) in [6.45, 7) is 14.1. The summed E-state index contributed by atoms with van der Waals surface area (Å²) in [5.41, 5.74) is 0.713. The quantitative estimate of drug-likeness (QED) is 0.624. The van der Waals surface area contributed by atoms with Gasteiger partial charge in [0.2, 0.25) is 5.91 Å². The van der Waals surface area contributed by atoms with Crippen LogP contribution in [-0.4, -0.2) is 35.6 Å². The first kappa shape index (κ1) is 19.7. The average Bonchev–Trinajstić information content (AvgIpc) is 2.87. The lowest BCUT2D eigenvalue weighted by Crippen LogP contribution is -2.62. The molecule has 0 aromatic heterocycles. The van der Waals surface area contributed by atoms with Crippen molar-refractivity contribution in [1.82, 2.24) is 4.90 Å². The van der Waals surface area contributed by atoms with Crippen molar-refractivity contribution in [1.29, 1.82) is 0 Å². The van der Waals surface area contributed by atoms with E-state index in [1.807, 2.05) is 0 Å². The van der Waals surface area contributed by atoms with Gasteiger partial charge in [0.05, 0.1) is 11.7 Å². The van der Waals surface area contributed by atoms with Gasteiger partial charge in [-0.2, -0.15) is 0 Å². The van der Waals surface area contributed by atoms with Crippen molar-refractivity contribution in [3.63, 3.8) is 0 Å². The highest BCUT2D eigenvalue weighted by Crippen LogP contribution is 2.66. The smallest absolute Gasteiger partial charge is 0.222 e. The topological polar surface area (TPSA) is 29.5 Å². The molecule has 4 fully saturated rings. The number of amides is 1. The average molecular weight is 376 g/mol. The second kappa shape index (κ2) is 6.21. The monoisotopic (exact) mass is 375 g/mol. The number of likely N-dealkylation sites (tertiary alicyclic amines) is 1. The van der Waals surface area contributed by atoms with Gasteiger partial charge in [-0.3, -0.25) is 4.79 Å². The highest BCUT2D eigenvalue weighted by Gasteiger charge is 2.62. The van der Waals surface area contributed by atoms with Crippen LogP contribution in [-0.2, 0) is 9.53 Å². The Morgan fingerprint density at radius 1 is 1.11 bits per heavy atom. The molecule has 0 N–H and O–H groups in total. The van der Waals surface area contributed by atoms with Crippen LogP contribution in [0.2, 0.25) is 0 Å². The zero-order valence-corrected chi connectivity index (χ0v) is 18.7. The van der Waals surface area contributed by atoms with Crippen LogP contribution >= 0.6 is 0 Å². The van der Waals surface area contributed by atoms with E-state index in [9.17, 15) is 4.79 Å². The number of fused-ring (bicyclic) bond motifs is 5. The SMILES string of the molecule is CC1C[C@H]2N(C)C(=O)CC[C@]2(C)[C@H]2CC[C@]3(C)C[C@@H](OC(C)(C)C)C[C@H]3C12. The van der Waals surface area contributed by atoms with Crippen LogP contribution in [0.3, 0.4) is 0 Å². The van der Waals surface area contributed by atoms with Gasteiger partial charge in [0.25, 0.3) is 0 Å². The molecule has 0 aromatic carbocycles. The van der Waals surface area contributed by atoms with Crippen LogP contribution in [0.5, 0.6) is 0 Å². The number of rotatable bonds is 1. The Hall–Kier alpha value is -0.570. The molecule has 0 bridgehead atoms. The minimum absolute atomic E-state index is 0.0460. The minimum atomic E-state index is -0.0460. The number of ether oxygens (including phenoxy) is 1. The number of carbonyl (C=O) groups excluding carboxylic acids is 1. The van der Waals surface area contributed by atoms with Gasteiger partial charge in [0.15, 0.2) is 0 Å². The third kappa shape index (κ3) is 3.07. The van der Waals surface area contributed by atoms with Gasteiger partial charge in [-0.05, 0) is 93.8 Å². The van der Waals surface area contributed by atoms with E-state index < -0.39 is 0 Å². The first-order valence-electron chi connectivity index (χ1n) is 11.4. The summed E-state index contributed by atoms with van der Waals surface area (Å²) in [4.78, 5) is 14.5. The summed E-state index contributed by atoms with van der Waals surface area (Å²) in [5, 5.41) is 0. The van der Waals surface area contributed by atoms with E-state index in [1.165, 1.54) is 32.1 Å². The first-order valence-corrected chi connectivity index (χ1v) is 11.4. The van der Waals surface area contributed by atoms with Crippen molar-refractivity contribution in [3.05, 3.63) is 0 Å². The van der Waals surface area contributed by atoms with Gasteiger partial charge in [-0.15, -0.1) is 0 Å². The minimum Gasteiger partial charge on any atom is -0.373 e. The second-order valence-corrected chi connectivity index (χ2v) is 12.0. The largest absolute Gasteiger partial charge is 0.373 e. The highest BCUT2D eigenvalue weighted by molar-refractivity contribution is 5.77. The Kier molecular flexibility index (Phi) is 4.54. The van der Waals surface area contributed by atoms with Crippen LogP contribution in [0.15, 0.2) is 0 Å². The molecule has 3 nitrogen and oxygen atoms in total. The molecule has 1 amide bonds. The molecule has 27 heavy (non-hydrogen) atoms. The fourth-order valence-corrected chi connectivity index (χ4v) is 8.05. The molecule has 1 aliphatic heterocycles. The van der Waals surface area contributed by atoms with Crippen molar-refractivity contribution in [2.75, 3.05) is 7.05 Å². The van der Waals surface area contributed by atoms with E-state index in [1.54, 1.807) is 0 Å². The fraction of sp³-hybridized carbons (Fsp3) is 0.958. The third-order valence-corrected chi connectivity index (χ3v) is 9.18. The van der Waals surface area contributed by atoms with E-state index >= 15 is 0 Å². The van der Waals surface area contributed by atoms with Crippen LogP contribution in [0, 0.1) is 34.5 Å². The summed E-state index contributed by atoms with van der Waals surface area (Å²) in [7, 11) is 2.06. The molecule has 4 aliphatic rings. The predicted molar refractivity (Wildman–Crippen MR) is 109 cm³/mol. The molecule has 8 atom stereocenters. The van der Waals surface area contributed by atoms with Crippen molar-refractivity contribution >= 4 is 5.91 Å². The molecular weight excluding hydrogens is 334 g/mol. The zero-order chi connectivity index (χ0) is 19.8. The van der Waals surface area contributed by atoms with Crippen molar-refractivity contribution in [2.45, 2.75) is 104 Å². The van der Waals surface area contributed by atoms with E-state index in [0.29, 0.717) is 34.8 Å². The molecule has 3 saturated carbocycles. The predicted octanol–water partition coefficient (Wildman–Crippen LogP) is 5.28. The number of nitrogens with zero attached hydrogens (tertiary/aromatic N) is 1. The van der Waals surface area contributed by atoms with Crippen LogP contribution < -0.4 is 0 Å². The zero-order valence-electron chi connectivity index (χ0n) is 18.7. The summed E-state index contributed by atoms with van der Waals surface area (Å²) in [5.74, 6) is 3.44. The molecule has 1 heterocycles. The van der Waals surface area contributed by atoms with Gasteiger partial charge in [-0.25, -0.2) is 0 Å². The molecule has 3 aliphatic carbocycles. The van der Waals surface area contributed by atoms with Gasteiger partial charge in [-0.1, -0.05) is 20.8 Å². The molecule has 4 rings (SSSR count). The van der Waals surface area contributed by atoms with Gasteiger partial charge >= 0.3 is 0 Å². The molecule has 0 aromatic rings. The second-order valence-electron chi connectivity index (χ2n) is 12.0. The number of hydrogen-bond donors (Lipinski definition) is 0. The van der Waals surface area contributed by atoms with Crippen LogP contribution in [0.1, 0.15) is 86.5 Å². The van der Waals surface area contributed by atoms with E-state index in [4.69, 9.17) is 4.74 Å². The highest BCUT2D eigenvalue weighted by atomic mass is 16.5. The van der Waals surface area contributed by atoms with E-state index in [2.05, 4.69) is 53.5 Å². The Bertz CT molecular complexity index is 610. The molecule has 0 spiro atoms. The van der Waals surface area contributed by atoms with E-state index in [0.717, 1.165) is 30.6 Å². The van der Waals surface area contributed by atoms with Gasteiger partial charge in [0, 0.05) is 19.5 Å². The molecule has 1 saturated heterocycles. The maximum Gasteiger partial charge on any atom is 0.222 e. The maximum absolute atomic E-state index is 12.4.